The third-order valence-corrected chi connectivity index (χ3v) is 1.67. The molecule has 1 aliphatic heterocycles. The van der Waals surface area contributed by atoms with E-state index in [0.29, 0.717) is 0 Å². The molecule has 1 rings (SSSR count). The van der Waals surface area contributed by atoms with Crippen LogP contribution in [0.15, 0.2) is 11.6 Å². The van der Waals surface area contributed by atoms with Crippen molar-refractivity contribution < 1.29 is 9.53 Å². The standard InChI is InChI=1S/C8H12O2/c1-6(9)5-8-3-4-10-7(8)2/h5,7H,3-4H2,1-2H3/b8-5-. The van der Waals surface area contributed by atoms with Crippen molar-refractivity contribution in [2.75, 3.05) is 6.61 Å². The highest BCUT2D eigenvalue weighted by Gasteiger charge is 2.16. The monoisotopic (exact) mass is 140 g/mol. The summed E-state index contributed by atoms with van der Waals surface area (Å²) in [6.45, 7) is 4.31. The first-order valence-electron chi connectivity index (χ1n) is 3.53. The minimum Gasteiger partial charge on any atom is -0.374 e. The second-order valence-corrected chi connectivity index (χ2v) is 2.59. The average Bonchev–Trinajstić information content (AvgIpc) is 2.15. The quantitative estimate of drug-likeness (QED) is 0.513. The summed E-state index contributed by atoms with van der Waals surface area (Å²) in [4.78, 5) is 10.6. The second kappa shape index (κ2) is 2.97. The van der Waals surface area contributed by atoms with Crippen molar-refractivity contribution >= 4 is 5.78 Å². The Bertz CT molecular complexity index is 170. The largest absolute Gasteiger partial charge is 0.374 e. The maximum absolute atomic E-state index is 10.6. The maximum Gasteiger partial charge on any atom is 0.152 e. The zero-order valence-corrected chi connectivity index (χ0v) is 6.39. The fourth-order valence-electron chi connectivity index (χ4n) is 1.11. The summed E-state index contributed by atoms with van der Waals surface area (Å²) < 4.78 is 5.25. The number of carbonyl (C=O) groups is 1. The summed E-state index contributed by atoms with van der Waals surface area (Å²) >= 11 is 0. The van der Waals surface area contributed by atoms with Crippen molar-refractivity contribution in [1.82, 2.24) is 0 Å². The van der Waals surface area contributed by atoms with Crippen molar-refractivity contribution in [1.29, 1.82) is 0 Å². The van der Waals surface area contributed by atoms with Gasteiger partial charge in [-0.3, -0.25) is 4.79 Å². The summed E-state index contributed by atoms with van der Waals surface area (Å²) in [6.07, 6.45) is 2.75. The molecule has 0 aromatic rings. The van der Waals surface area contributed by atoms with Gasteiger partial charge in [0.1, 0.15) is 0 Å². The van der Waals surface area contributed by atoms with Crippen LogP contribution in [0.2, 0.25) is 0 Å². The molecular formula is C8H12O2. The molecule has 0 saturated carbocycles. The van der Waals surface area contributed by atoms with Gasteiger partial charge in [0, 0.05) is 0 Å². The van der Waals surface area contributed by atoms with Crippen LogP contribution in [0, 0.1) is 0 Å². The first-order valence-corrected chi connectivity index (χ1v) is 3.53. The Labute approximate surface area is 60.9 Å². The highest BCUT2D eigenvalue weighted by atomic mass is 16.5. The molecule has 2 nitrogen and oxygen atoms in total. The Morgan fingerprint density at radius 3 is 2.90 bits per heavy atom. The third-order valence-electron chi connectivity index (χ3n) is 1.67. The Hall–Kier alpha value is -0.630. The van der Waals surface area contributed by atoms with Gasteiger partial charge < -0.3 is 4.74 Å². The van der Waals surface area contributed by atoms with E-state index in [1.807, 2.05) is 6.92 Å². The van der Waals surface area contributed by atoms with Crippen molar-refractivity contribution in [3.8, 4) is 0 Å². The number of hydrogen-bond donors (Lipinski definition) is 0. The van der Waals surface area contributed by atoms with Gasteiger partial charge in [0.2, 0.25) is 0 Å². The van der Waals surface area contributed by atoms with E-state index in [2.05, 4.69) is 0 Å². The molecule has 0 aliphatic carbocycles. The Balaban J connectivity index is 2.62. The van der Waals surface area contributed by atoms with Gasteiger partial charge >= 0.3 is 0 Å². The first-order chi connectivity index (χ1) is 4.70. The highest BCUT2D eigenvalue weighted by Crippen LogP contribution is 2.18. The number of carbonyl (C=O) groups excluding carboxylic acids is 1. The van der Waals surface area contributed by atoms with Crippen LogP contribution in [0.1, 0.15) is 20.3 Å². The Morgan fingerprint density at radius 1 is 1.80 bits per heavy atom. The summed E-state index contributed by atoms with van der Waals surface area (Å²) in [5.74, 6) is 0.118. The Morgan fingerprint density at radius 2 is 2.50 bits per heavy atom. The molecule has 1 heterocycles. The number of ether oxygens (including phenoxy) is 1. The summed E-state index contributed by atoms with van der Waals surface area (Å²) in [6, 6.07) is 0. The lowest BCUT2D eigenvalue weighted by Crippen LogP contribution is -2.01. The lowest BCUT2D eigenvalue weighted by Gasteiger charge is -2.01. The Kier molecular flexibility index (Phi) is 2.22. The minimum atomic E-state index is 0.118. The normalized spacial score (nSPS) is 29.4. The molecule has 0 aromatic carbocycles. The zero-order chi connectivity index (χ0) is 7.56. The van der Waals surface area contributed by atoms with Crippen molar-refractivity contribution in [2.24, 2.45) is 0 Å². The van der Waals surface area contributed by atoms with Gasteiger partial charge in [-0.05, 0) is 31.9 Å². The fraction of sp³-hybridized carbons (Fsp3) is 0.625. The first kappa shape index (κ1) is 7.48. The van der Waals surface area contributed by atoms with Crippen molar-refractivity contribution in [3.63, 3.8) is 0 Å². The average molecular weight is 140 g/mol. The van der Waals surface area contributed by atoms with Crippen LogP contribution in [0.3, 0.4) is 0 Å². The second-order valence-electron chi connectivity index (χ2n) is 2.59. The van der Waals surface area contributed by atoms with Gasteiger partial charge in [0.15, 0.2) is 5.78 Å². The van der Waals surface area contributed by atoms with Crippen LogP contribution >= 0.6 is 0 Å². The van der Waals surface area contributed by atoms with E-state index >= 15 is 0 Å². The summed E-state index contributed by atoms with van der Waals surface area (Å²) in [7, 11) is 0. The van der Waals surface area contributed by atoms with Gasteiger partial charge in [-0.1, -0.05) is 0 Å². The topological polar surface area (TPSA) is 26.3 Å². The molecule has 0 aromatic heterocycles. The smallest absolute Gasteiger partial charge is 0.152 e. The van der Waals surface area contributed by atoms with E-state index < -0.39 is 0 Å². The van der Waals surface area contributed by atoms with E-state index in [4.69, 9.17) is 4.74 Å². The highest BCUT2D eigenvalue weighted by molar-refractivity contribution is 5.88. The molecule has 0 radical (unpaired) electrons. The van der Waals surface area contributed by atoms with E-state index in [1.54, 1.807) is 13.0 Å². The molecule has 1 fully saturated rings. The molecule has 1 saturated heterocycles. The van der Waals surface area contributed by atoms with Crippen LogP contribution in [0.25, 0.3) is 0 Å². The van der Waals surface area contributed by atoms with Crippen LogP contribution in [0.4, 0.5) is 0 Å². The van der Waals surface area contributed by atoms with Crippen molar-refractivity contribution in [2.45, 2.75) is 26.4 Å². The van der Waals surface area contributed by atoms with Crippen molar-refractivity contribution in [3.05, 3.63) is 11.6 Å². The zero-order valence-electron chi connectivity index (χ0n) is 6.39. The molecule has 0 spiro atoms. The lowest BCUT2D eigenvalue weighted by atomic mass is 10.1. The summed E-state index contributed by atoms with van der Waals surface area (Å²) in [5.41, 5.74) is 1.13. The van der Waals surface area contributed by atoms with E-state index in [-0.39, 0.29) is 11.9 Å². The van der Waals surface area contributed by atoms with Gasteiger partial charge in [-0.2, -0.15) is 0 Å². The van der Waals surface area contributed by atoms with Gasteiger partial charge in [-0.15, -0.1) is 0 Å². The molecule has 1 atom stereocenters. The molecule has 56 valence electrons. The van der Waals surface area contributed by atoms with E-state index in [1.165, 1.54) is 0 Å². The maximum atomic E-state index is 10.6. The number of hydrogen-bond acceptors (Lipinski definition) is 2. The van der Waals surface area contributed by atoms with Crippen LogP contribution in [-0.4, -0.2) is 18.5 Å². The molecule has 0 amide bonds. The summed E-state index contributed by atoms with van der Waals surface area (Å²) in [5, 5.41) is 0. The molecule has 1 unspecified atom stereocenters. The fourth-order valence-corrected chi connectivity index (χ4v) is 1.11. The third kappa shape index (κ3) is 1.67. The molecule has 0 N–H and O–H groups in total. The van der Waals surface area contributed by atoms with E-state index in [0.717, 1.165) is 18.6 Å². The van der Waals surface area contributed by atoms with Crippen LogP contribution in [-0.2, 0) is 9.53 Å². The van der Waals surface area contributed by atoms with Crippen LogP contribution < -0.4 is 0 Å². The molecule has 2 heteroatoms. The van der Waals surface area contributed by atoms with E-state index in [9.17, 15) is 4.79 Å². The SMILES string of the molecule is CC(=O)/C=C1/CCOC1C. The van der Waals surface area contributed by atoms with Gasteiger partial charge in [-0.25, -0.2) is 0 Å². The predicted octanol–water partition coefficient (Wildman–Crippen LogP) is 1.31. The molecular weight excluding hydrogens is 128 g/mol. The molecule has 0 bridgehead atoms. The predicted molar refractivity (Wildman–Crippen MR) is 38.8 cm³/mol. The van der Waals surface area contributed by atoms with Gasteiger partial charge in [0.25, 0.3) is 0 Å². The van der Waals surface area contributed by atoms with Crippen LogP contribution in [0.5, 0.6) is 0 Å². The minimum absolute atomic E-state index is 0.118. The number of ketones is 1. The number of rotatable bonds is 1. The molecule has 1 aliphatic rings. The molecule has 10 heavy (non-hydrogen) atoms. The number of allylic oxidation sites excluding steroid dienone is 1. The van der Waals surface area contributed by atoms with Gasteiger partial charge in [0.05, 0.1) is 12.7 Å². The lowest BCUT2D eigenvalue weighted by molar-refractivity contribution is -0.112.